The molecule has 1 aromatic heterocycles. The van der Waals surface area contributed by atoms with Gasteiger partial charge in [-0.2, -0.15) is 0 Å². The number of aryl methyl sites for hydroxylation is 1. The highest BCUT2D eigenvalue weighted by Gasteiger charge is 1.99. The van der Waals surface area contributed by atoms with E-state index in [-0.39, 0.29) is 0 Å². The normalized spacial score (nSPS) is 9.18. The predicted molar refractivity (Wildman–Crippen MR) is 72.3 cm³/mol. The van der Waals surface area contributed by atoms with Crippen molar-refractivity contribution in [3.05, 3.63) is 48.2 Å². The van der Waals surface area contributed by atoms with E-state index in [1.807, 2.05) is 26.0 Å². The summed E-state index contributed by atoms with van der Waals surface area (Å²) in [5.74, 6) is 0.647. The standard InChI is InChI=1S/C13H13NO.C2H6/c1-10-4-3-5-11(8-10)12-6-7-14-13(9-12)15-2;1-2/h3-9H,1-2H3;1-2H3. The smallest absolute Gasteiger partial charge is 0.213 e. The van der Waals surface area contributed by atoms with Crippen LogP contribution in [-0.2, 0) is 0 Å². The Morgan fingerprint density at radius 3 is 2.35 bits per heavy atom. The lowest BCUT2D eigenvalue weighted by Gasteiger charge is -2.04. The van der Waals surface area contributed by atoms with Crippen molar-refractivity contribution in [2.45, 2.75) is 20.8 Å². The minimum atomic E-state index is 0.647. The van der Waals surface area contributed by atoms with Gasteiger partial charge in [0, 0.05) is 12.3 Å². The Bertz CT molecular complexity index is 466. The van der Waals surface area contributed by atoms with E-state index in [0.717, 1.165) is 5.56 Å². The maximum absolute atomic E-state index is 5.10. The molecular formula is C15H19NO. The highest BCUT2D eigenvalue weighted by atomic mass is 16.5. The molecule has 90 valence electrons. The first-order valence-corrected chi connectivity index (χ1v) is 5.86. The highest BCUT2D eigenvalue weighted by Crippen LogP contribution is 2.22. The van der Waals surface area contributed by atoms with Crippen LogP contribution in [0.4, 0.5) is 0 Å². The van der Waals surface area contributed by atoms with Gasteiger partial charge in [-0.1, -0.05) is 43.7 Å². The lowest BCUT2D eigenvalue weighted by atomic mass is 10.1. The maximum Gasteiger partial charge on any atom is 0.213 e. The van der Waals surface area contributed by atoms with E-state index < -0.39 is 0 Å². The molecule has 0 N–H and O–H groups in total. The van der Waals surface area contributed by atoms with E-state index in [2.05, 4.69) is 36.2 Å². The van der Waals surface area contributed by atoms with E-state index in [1.54, 1.807) is 13.3 Å². The topological polar surface area (TPSA) is 22.1 Å². The SMILES string of the molecule is CC.COc1cc(-c2cccc(C)c2)ccn1. The van der Waals surface area contributed by atoms with Crippen LogP contribution in [0.2, 0.25) is 0 Å². The van der Waals surface area contributed by atoms with Gasteiger partial charge in [0.25, 0.3) is 0 Å². The van der Waals surface area contributed by atoms with Crippen LogP contribution in [0.3, 0.4) is 0 Å². The van der Waals surface area contributed by atoms with Crippen LogP contribution in [0.25, 0.3) is 11.1 Å². The summed E-state index contributed by atoms with van der Waals surface area (Å²) in [7, 11) is 1.63. The molecule has 0 spiro atoms. The Kier molecular flexibility index (Phi) is 5.21. The average molecular weight is 229 g/mol. The molecular weight excluding hydrogens is 210 g/mol. The quantitative estimate of drug-likeness (QED) is 0.773. The van der Waals surface area contributed by atoms with Gasteiger partial charge < -0.3 is 4.74 Å². The van der Waals surface area contributed by atoms with E-state index in [4.69, 9.17) is 4.74 Å². The van der Waals surface area contributed by atoms with Crippen LogP contribution >= 0.6 is 0 Å². The summed E-state index contributed by atoms with van der Waals surface area (Å²) in [6.07, 6.45) is 1.76. The first-order valence-electron chi connectivity index (χ1n) is 5.86. The zero-order valence-corrected chi connectivity index (χ0v) is 10.9. The molecule has 0 atom stereocenters. The molecule has 0 bridgehead atoms. The molecule has 0 radical (unpaired) electrons. The van der Waals surface area contributed by atoms with Crippen LogP contribution in [0, 0.1) is 6.92 Å². The maximum atomic E-state index is 5.10. The number of hydrogen-bond acceptors (Lipinski definition) is 2. The van der Waals surface area contributed by atoms with Crippen LogP contribution in [0.1, 0.15) is 19.4 Å². The van der Waals surface area contributed by atoms with Crippen molar-refractivity contribution in [3.63, 3.8) is 0 Å². The summed E-state index contributed by atoms with van der Waals surface area (Å²) in [5, 5.41) is 0. The highest BCUT2D eigenvalue weighted by molar-refractivity contribution is 5.64. The lowest BCUT2D eigenvalue weighted by molar-refractivity contribution is 0.398. The number of nitrogens with zero attached hydrogens (tertiary/aromatic N) is 1. The molecule has 0 aliphatic heterocycles. The minimum Gasteiger partial charge on any atom is -0.481 e. The molecule has 2 nitrogen and oxygen atoms in total. The number of methoxy groups -OCH3 is 1. The fourth-order valence-electron chi connectivity index (χ4n) is 1.53. The molecule has 17 heavy (non-hydrogen) atoms. The second kappa shape index (κ2) is 6.69. The average Bonchev–Trinajstić information content (AvgIpc) is 2.41. The number of hydrogen-bond donors (Lipinski definition) is 0. The molecule has 0 aliphatic rings. The van der Waals surface area contributed by atoms with E-state index in [9.17, 15) is 0 Å². The molecule has 2 heteroatoms. The third-order valence-corrected chi connectivity index (χ3v) is 2.30. The molecule has 0 fully saturated rings. The van der Waals surface area contributed by atoms with Crippen molar-refractivity contribution in [2.24, 2.45) is 0 Å². The van der Waals surface area contributed by atoms with Crippen molar-refractivity contribution in [1.82, 2.24) is 4.98 Å². The van der Waals surface area contributed by atoms with Crippen LogP contribution in [-0.4, -0.2) is 12.1 Å². The van der Waals surface area contributed by atoms with Gasteiger partial charge in [0.05, 0.1) is 7.11 Å². The third kappa shape index (κ3) is 3.59. The van der Waals surface area contributed by atoms with Crippen LogP contribution < -0.4 is 4.74 Å². The minimum absolute atomic E-state index is 0.647. The fraction of sp³-hybridized carbons (Fsp3) is 0.267. The molecule has 1 heterocycles. The molecule has 0 aliphatic carbocycles. The first kappa shape index (κ1) is 13.2. The number of benzene rings is 1. The Hall–Kier alpha value is -1.83. The van der Waals surface area contributed by atoms with Crippen molar-refractivity contribution in [2.75, 3.05) is 7.11 Å². The van der Waals surface area contributed by atoms with E-state index >= 15 is 0 Å². The monoisotopic (exact) mass is 229 g/mol. The Morgan fingerprint density at radius 2 is 1.71 bits per heavy atom. The summed E-state index contributed by atoms with van der Waals surface area (Å²) in [6.45, 7) is 6.09. The molecule has 2 rings (SSSR count). The summed E-state index contributed by atoms with van der Waals surface area (Å²) >= 11 is 0. The van der Waals surface area contributed by atoms with E-state index in [0.29, 0.717) is 5.88 Å². The fourth-order valence-corrected chi connectivity index (χ4v) is 1.53. The number of aromatic nitrogens is 1. The second-order valence-electron chi connectivity index (χ2n) is 3.46. The van der Waals surface area contributed by atoms with Crippen molar-refractivity contribution < 1.29 is 4.74 Å². The number of ether oxygens (including phenoxy) is 1. The van der Waals surface area contributed by atoms with Gasteiger partial charge in [0.2, 0.25) is 5.88 Å². The van der Waals surface area contributed by atoms with Gasteiger partial charge in [-0.25, -0.2) is 4.98 Å². The van der Waals surface area contributed by atoms with Crippen molar-refractivity contribution in [3.8, 4) is 17.0 Å². The largest absolute Gasteiger partial charge is 0.481 e. The summed E-state index contributed by atoms with van der Waals surface area (Å²) in [4.78, 5) is 4.08. The summed E-state index contributed by atoms with van der Waals surface area (Å²) < 4.78 is 5.10. The summed E-state index contributed by atoms with van der Waals surface area (Å²) in [6, 6.07) is 12.3. The molecule has 2 aromatic rings. The second-order valence-corrected chi connectivity index (χ2v) is 3.46. The number of rotatable bonds is 2. The number of pyridine rings is 1. The van der Waals surface area contributed by atoms with Crippen molar-refractivity contribution in [1.29, 1.82) is 0 Å². The Balaban J connectivity index is 0.000000686. The van der Waals surface area contributed by atoms with Crippen LogP contribution in [0.15, 0.2) is 42.6 Å². The first-order chi connectivity index (χ1) is 8.29. The van der Waals surface area contributed by atoms with Gasteiger partial charge >= 0.3 is 0 Å². The predicted octanol–water partition coefficient (Wildman–Crippen LogP) is 4.09. The van der Waals surface area contributed by atoms with Gasteiger partial charge in [-0.15, -0.1) is 0 Å². The van der Waals surface area contributed by atoms with Crippen LogP contribution in [0.5, 0.6) is 5.88 Å². The zero-order valence-electron chi connectivity index (χ0n) is 10.9. The molecule has 0 saturated carbocycles. The zero-order chi connectivity index (χ0) is 12.7. The van der Waals surface area contributed by atoms with Crippen molar-refractivity contribution >= 4 is 0 Å². The molecule has 1 aromatic carbocycles. The van der Waals surface area contributed by atoms with Gasteiger partial charge in [0.15, 0.2) is 0 Å². The Morgan fingerprint density at radius 1 is 1.00 bits per heavy atom. The van der Waals surface area contributed by atoms with E-state index in [1.165, 1.54) is 11.1 Å². The molecule has 0 saturated heterocycles. The summed E-state index contributed by atoms with van der Waals surface area (Å²) in [5.41, 5.74) is 3.57. The molecule has 0 unspecified atom stereocenters. The lowest BCUT2D eigenvalue weighted by Crippen LogP contribution is -1.87. The van der Waals surface area contributed by atoms with Gasteiger partial charge in [-0.3, -0.25) is 0 Å². The molecule has 0 amide bonds. The Labute approximate surface area is 103 Å². The third-order valence-electron chi connectivity index (χ3n) is 2.30. The van der Waals surface area contributed by atoms with Gasteiger partial charge in [-0.05, 0) is 24.1 Å². The van der Waals surface area contributed by atoms with Gasteiger partial charge in [0.1, 0.15) is 0 Å².